The van der Waals surface area contributed by atoms with Crippen LogP contribution in [0.2, 0.25) is 0 Å². The molecule has 0 bridgehead atoms. The Morgan fingerprint density at radius 3 is 2.61 bits per heavy atom. The molecule has 2 atom stereocenters. The zero-order chi connectivity index (χ0) is 16.8. The van der Waals surface area contributed by atoms with E-state index >= 15 is 0 Å². The van der Waals surface area contributed by atoms with Crippen molar-refractivity contribution in [1.29, 1.82) is 0 Å². The van der Waals surface area contributed by atoms with Crippen molar-refractivity contribution in [3.8, 4) is 0 Å². The first kappa shape index (κ1) is 16.0. The minimum absolute atomic E-state index is 0.0270. The van der Waals surface area contributed by atoms with Gasteiger partial charge in [-0.2, -0.15) is 0 Å². The van der Waals surface area contributed by atoms with Gasteiger partial charge in [-0.25, -0.2) is 21.9 Å². The first-order valence-electron chi connectivity index (χ1n) is 7.03. The summed E-state index contributed by atoms with van der Waals surface area (Å²) < 4.78 is 54.4. The van der Waals surface area contributed by atoms with E-state index in [9.17, 15) is 22.3 Å². The number of hydrogen-bond donors (Lipinski definition) is 2. The van der Waals surface area contributed by atoms with Gasteiger partial charge in [-0.3, -0.25) is 0 Å². The second-order valence-electron chi connectivity index (χ2n) is 5.60. The van der Waals surface area contributed by atoms with Crippen molar-refractivity contribution in [2.75, 3.05) is 0 Å². The molecule has 0 amide bonds. The summed E-state index contributed by atoms with van der Waals surface area (Å²) in [6, 6.07) is 7.68. The third kappa shape index (κ3) is 2.87. The quantitative estimate of drug-likeness (QED) is 0.901. The molecular formula is C16H15F2NO3S. The molecule has 0 spiro atoms. The minimum atomic E-state index is -4.24. The monoisotopic (exact) mass is 339 g/mol. The van der Waals surface area contributed by atoms with Gasteiger partial charge in [-0.05, 0) is 29.7 Å². The summed E-state index contributed by atoms with van der Waals surface area (Å²) in [7, 11) is -4.24. The zero-order valence-electron chi connectivity index (χ0n) is 12.3. The summed E-state index contributed by atoms with van der Waals surface area (Å²) >= 11 is 0. The number of fused-ring (bicyclic) bond motifs is 1. The highest BCUT2D eigenvalue weighted by molar-refractivity contribution is 7.89. The minimum Gasteiger partial charge on any atom is -0.391 e. The zero-order valence-corrected chi connectivity index (χ0v) is 13.1. The smallest absolute Gasteiger partial charge is 0.244 e. The van der Waals surface area contributed by atoms with E-state index in [1.54, 1.807) is 24.3 Å². The second kappa shape index (κ2) is 5.67. The number of nitrogens with one attached hydrogen (secondary N) is 1. The van der Waals surface area contributed by atoms with E-state index in [1.807, 2.05) is 0 Å². The number of hydrogen-bond acceptors (Lipinski definition) is 3. The van der Waals surface area contributed by atoms with Crippen molar-refractivity contribution in [1.82, 2.24) is 4.72 Å². The fraction of sp³-hybridized carbons (Fsp3) is 0.250. The Morgan fingerprint density at radius 2 is 1.87 bits per heavy atom. The van der Waals surface area contributed by atoms with Gasteiger partial charge in [-0.15, -0.1) is 0 Å². The fourth-order valence-corrected chi connectivity index (χ4v) is 4.18. The summed E-state index contributed by atoms with van der Waals surface area (Å²) in [5.41, 5.74) is 1.52. The summed E-state index contributed by atoms with van der Waals surface area (Å²) in [6.07, 6.45) is -0.624. The van der Waals surface area contributed by atoms with Gasteiger partial charge in [-0.1, -0.05) is 24.3 Å². The summed E-state index contributed by atoms with van der Waals surface area (Å²) in [5.74, 6) is -1.98. The molecule has 2 N–H and O–H groups in total. The van der Waals surface area contributed by atoms with Crippen LogP contribution in [0.15, 0.2) is 41.3 Å². The van der Waals surface area contributed by atoms with Gasteiger partial charge in [0.1, 0.15) is 16.5 Å². The van der Waals surface area contributed by atoms with Crippen LogP contribution in [0.5, 0.6) is 0 Å². The van der Waals surface area contributed by atoms with Crippen molar-refractivity contribution in [2.24, 2.45) is 0 Å². The second-order valence-corrected chi connectivity index (χ2v) is 7.28. The average molecular weight is 339 g/mol. The molecule has 0 aromatic heterocycles. The van der Waals surface area contributed by atoms with Crippen LogP contribution in [0, 0.1) is 18.6 Å². The number of aryl methyl sites for hydroxylation is 1. The van der Waals surface area contributed by atoms with Crippen molar-refractivity contribution in [3.63, 3.8) is 0 Å². The number of halogens is 2. The molecule has 122 valence electrons. The number of aliphatic hydroxyl groups is 1. The summed E-state index contributed by atoms with van der Waals surface area (Å²) in [4.78, 5) is -0.631. The molecule has 0 radical (unpaired) electrons. The van der Waals surface area contributed by atoms with Gasteiger partial charge < -0.3 is 5.11 Å². The lowest BCUT2D eigenvalue weighted by Crippen LogP contribution is -2.34. The van der Waals surface area contributed by atoms with Gasteiger partial charge in [0.2, 0.25) is 10.0 Å². The Labute approximate surface area is 132 Å². The van der Waals surface area contributed by atoms with Crippen LogP contribution >= 0.6 is 0 Å². The number of benzene rings is 2. The van der Waals surface area contributed by atoms with Crippen molar-refractivity contribution < 1.29 is 22.3 Å². The molecule has 0 saturated carbocycles. The van der Waals surface area contributed by atoms with E-state index in [2.05, 4.69) is 4.72 Å². The maximum Gasteiger partial charge on any atom is 0.244 e. The number of rotatable bonds is 3. The normalized spacial score (nSPS) is 20.5. The Bertz CT molecular complexity index is 868. The van der Waals surface area contributed by atoms with E-state index in [4.69, 9.17) is 0 Å². The average Bonchev–Trinajstić information content (AvgIpc) is 2.78. The Hall–Kier alpha value is -1.83. The predicted octanol–water partition coefficient (Wildman–Crippen LogP) is 2.21. The summed E-state index contributed by atoms with van der Waals surface area (Å²) in [6.45, 7) is 1.35. The third-order valence-corrected chi connectivity index (χ3v) is 5.44. The number of sulfonamides is 1. The van der Waals surface area contributed by atoms with Crippen molar-refractivity contribution in [2.45, 2.75) is 30.4 Å². The molecule has 2 aromatic rings. The molecule has 0 heterocycles. The van der Waals surface area contributed by atoms with E-state index < -0.39 is 38.7 Å². The van der Waals surface area contributed by atoms with Crippen LogP contribution in [0.4, 0.5) is 8.78 Å². The van der Waals surface area contributed by atoms with Crippen LogP contribution < -0.4 is 4.72 Å². The highest BCUT2D eigenvalue weighted by atomic mass is 32.2. The van der Waals surface area contributed by atoms with Crippen LogP contribution in [-0.4, -0.2) is 19.6 Å². The fourth-order valence-electron chi connectivity index (χ4n) is 2.78. The molecule has 3 rings (SSSR count). The van der Waals surface area contributed by atoms with Crippen molar-refractivity contribution >= 4 is 10.0 Å². The largest absolute Gasteiger partial charge is 0.391 e. The van der Waals surface area contributed by atoms with Gasteiger partial charge in [0.15, 0.2) is 0 Å². The molecule has 0 fully saturated rings. The lowest BCUT2D eigenvalue weighted by atomic mass is 10.1. The topological polar surface area (TPSA) is 66.4 Å². The first-order valence-corrected chi connectivity index (χ1v) is 8.52. The first-order chi connectivity index (χ1) is 10.8. The molecule has 7 heteroatoms. The van der Waals surface area contributed by atoms with Gasteiger partial charge in [0.05, 0.1) is 12.1 Å². The number of aliphatic hydroxyl groups excluding tert-OH is 1. The van der Waals surface area contributed by atoms with Crippen LogP contribution in [0.3, 0.4) is 0 Å². The van der Waals surface area contributed by atoms with Crippen LogP contribution in [0.25, 0.3) is 0 Å². The van der Waals surface area contributed by atoms with Crippen LogP contribution in [-0.2, 0) is 16.4 Å². The Morgan fingerprint density at radius 1 is 1.17 bits per heavy atom. The van der Waals surface area contributed by atoms with Gasteiger partial charge in [0, 0.05) is 12.5 Å². The Kier molecular flexibility index (Phi) is 3.95. The lowest BCUT2D eigenvalue weighted by molar-refractivity contribution is 0.151. The molecule has 0 aliphatic heterocycles. The summed E-state index contributed by atoms with van der Waals surface area (Å²) in [5, 5.41) is 10.1. The highest BCUT2D eigenvalue weighted by Crippen LogP contribution is 2.33. The highest BCUT2D eigenvalue weighted by Gasteiger charge is 2.35. The molecule has 1 aliphatic carbocycles. The standard InChI is InChI=1S/C16H15F2NO3S/c1-9-6-15(13(18)8-12(9)17)23(21,22)19-16-11-5-3-2-4-10(11)7-14(16)20/h2-6,8,14,16,19-20H,7H2,1H3. The van der Waals surface area contributed by atoms with E-state index in [0.29, 0.717) is 18.1 Å². The molecule has 1 aliphatic rings. The molecule has 2 aromatic carbocycles. The van der Waals surface area contributed by atoms with E-state index in [1.165, 1.54) is 6.92 Å². The maximum atomic E-state index is 13.9. The molecule has 4 nitrogen and oxygen atoms in total. The van der Waals surface area contributed by atoms with Gasteiger partial charge in [0.25, 0.3) is 0 Å². The molecule has 0 saturated heterocycles. The molecule has 23 heavy (non-hydrogen) atoms. The Balaban J connectivity index is 1.98. The van der Waals surface area contributed by atoms with E-state index in [0.717, 1.165) is 11.6 Å². The van der Waals surface area contributed by atoms with E-state index in [-0.39, 0.29) is 5.56 Å². The van der Waals surface area contributed by atoms with Gasteiger partial charge >= 0.3 is 0 Å². The SMILES string of the molecule is Cc1cc(S(=O)(=O)NC2c3ccccc3CC2O)c(F)cc1F. The van der Waals surface area contributed by atoms with Crippen molar-refractivity contribution in [3.05, 3.63) is 64.7 Å². The molecular weight excluding hydrogens is 324 g/mol. The van der Waals surface area contributed by atoms with Crippen LogP contribution in [0.1, 0.15) is 22.7 Å². The third-order valence-electron chi connectivity index (χ3n) is 3.99. The lowest BCUT2D eigenvalue weighted by Gasteiger charge is -2.18. The predicted molar refractivity (Wildman–Crippen MR) is 80.3 cm³/mol. The molecule has 2 unspecified atom stereocenters. The maximum absolute atomic E-state index is 13.9.